The van der Waals surface area contributed by atoms with Gasteiger partial charge in [-0.05, 0) is 69.7 Å². The van der Waals surface area contributed by atoms with Crippen LogP contribution in [0.5, 0.6) is 5.75 Å². The van der Waals surface area contributed by atoms with Crippen molar-refractivity contribution in [2.75, 3.05) is 64.3 Å². The normalized spacial score (nSPS) is 25.0. The number of amidine groups is 1. The number of carbonyl (C=O) groups excluding carboxylic acids is 3. The van der Waals surface area contributed by atoms with Gasteiger partial charge in [-0.15, -0.1) is 0 Å². The number of para-hydroxylation sites is 1. The second-order valence-electron chi connectivity index (χ2n) is 16.8. The molecule has 2 bridgehead atoms. The van der Waals surface area contributed by atoms with Crippen LogP contribution in [0.4, 0.5) is 14.5 Å². The molecule has 0 aliphatic carbocycles. The number of rotatable bonds is 12. The number of piperidine rings is 3. The number of imide groups is 1. The SMILES string of the molecule is Cn1nc(C2CCC(=O)NC2=O)c2cccc(OCCN3CCC(CN4CCC(n5cc(NC(=O)/C(C=N)=C6\N=C(N7C[C@H]8C[C@@H]7CO8)C=CN6)c(C(F)F)n5)CC4)CC3)c21. The summed E-state index contributed by atoms with van der Waals surface area (Å²) in [7, 11) is 1.85. The molecule has 5 saturated heterocycles. The van der Waals surface area contributed by atoms with Gasteiger partial charge in [-0.3, -0.25) is 34.0 Å². The fourth-order valence-corrected chi connectivity index (χ4v) is 9.70. The number of hydrogen-bond donors (Lipinski definition) is 4. The average molecular weight is 843 g/mol. The number of fused-ring (bicyclic) bond motifs is 3. The van der Waals surface area contributed by atoms with Crippen molar-refractivity contribution in [3.05, 3.63) is 59.5 Å². The van der Waals surface area contributed by atoms with Gasteiger partial charge >= 0.3 is 0 Å². The number of aromatic nitrogens is 4. The largest absolute Gasteiger partial charge is 0.490 e. The van der Waals surface area contributed by atoms with Crippen LogP contribution >= 0.6 is 0 Å². The quantitative estimate of drug-likeness (QED) is 0.119. The minimum Gasteiger partial charge on any atom is -0.490 e. The summed E-state index contributed by atoms with van der Waals surface area (Å²) in [5.74, 6) is 0.368. The van der Waals surface area contributed by atoms with Gasteiger partial charge in [-0.2, -0.15) is 10.2 Å². The topological polar surface area (TPSA) is 187 Å². The van der Waals surface area contributed by atoms with Gasteiger partial charge in [0.2, 0.25) is 11.8 Å². The third-order valence-electron chi connectivity index (χ3n) is 13.0. The zero-order valence-corrected chi connectivity index (χ0v) is 34.2. The van der Waals surface area contributed by atoms with E-state index >= 15 is 0 Å². The fourth-order valence-electron chi connectivity index (χ4n) is 9.70. The summed E-state index contributed by atoms with van der Waals surface area (Å²) in [6, 6.07) is 5.91. The van der Waals surface area contributed by atoms with E-state index < -0.39 is 23.9 Å². The lowest BCUT2D eigenvalue weighted by molar-refractivity contribution is -0.134. The molecule has 19 heteroatoms. The van der Waals surface area contributed by atoms with Gasteiger partial charge in [0.15, 0.2) is 5.69 Å². The third-order valence-corrected chi connectivity index (χ3v) is 13.0. The Morgan fingerprint density at radius 3 is 2.61 bits per heavy atom. The van der Waals surface area contributed by atoms with Crippen LogP contribution in [0.25, 0.3) is 10.9 Å². The molecule has 324 valence electrons. The third kappa shape index (κ3) is 8.55. The van der Waals surface area contributed by atoms with Gasteiger partial charge in [-0.1, -0.05) is 12.1 Å². The molecule has 5 fully saturated rings. The highest BCUT2D eigenvalue weighted by atomic mass is 19.3. The Hall–Kier alpha value is -5.53. The molecule has 4 N–H and O–H groups in total. The van der Waals surface area contributed by atoms with Crippen molar-refractivity contribution in [1.29, 1.82) is 5.41 Å². The average Bonchev–Trinajstić information content (AvgIpc) is 4.07. The van der Waals surface area contributed by atoms with Crippen LogP contribution in [-0.2, 0) is 26.2 Å². The lowest BCUT2D eigenvalue weighted by atomic mass is 9.93. The maximum Gasteiger partial charge on any atom is 0.284 e. The van der Waals surface area contributed by atoms with Crippen molar-refractivity contribution in [3.63, 3.8) is 0 Å². The van der Waals surface area contributed by atoms with Gasteiger partial charge in [0.1, 0.15) is 29.5 Å². The summed E-state index contributed by atoms with van der Waals surface area (Å²) in [5, 5.41) is 25.7. The van der Waals surface area contributed by atoms with Gasteiger partial charge in [0, 0.05) is 70.2 Å². The van der Waals surface area contributed by atoms with Crippen LogP contribution in [0.1, 0.15) is 74.7 Å². The van der Waals surface area contributed by atoms with Crippen molar-refractivity contribution in [2.45, 2.75) is 75.5 Å². The molecule has 0 radical (unpaired) electrons. The molecular formula is C42H52F2N12O5. The summed E-state index contributed by atoms with van der Waals surface area (Å²) < 4.78 is 43.8. The number of ether oxygens (including phenoxy) is 2. The number of carbonyl (C=O) groups is 3. The maximum absolute atomic E-state index is 14.3. The molecule has 8 heterocycles. The van der Waals surface area contributed by atoms with E-state index in [0.29, 0.717) is 50.0 Å². The maximum atomic E-state index is 14.3. The molecule has 3 atom stereocenters. The predicted octanol–water partition coefficient (Wildman–Crippen LogP) is 3.44. The smallest absolute Gasteiger partial charge is 0.284 e. The van der Waals surface area contributed by atoms with Gasteiger partial charge in [0.05, 0.1) is 47.7 Å². The van der Waals surface area contributed by atoms with Gasteiger partial charge in [0.25, 0.3) is 12.3 Å². The summed E-state index contributed by atoms with van der Waals surface area (Å²) in [4.78, 5) is 49.3. The van der Waals surface area contributed by atoms with Gasteiger partial charge in [-0.25, -0.2) is 13.8 Å². The first-order valence-electron chi connectivity index (χ1n) is 21.3. The molecule has 1 aromatic carbocycles. The first kappa shape index (κ1) is 40.9. The Bertz CT molecular complexity index is 2270. The summed E-state index contributed by atoms with van der Waals surface area (Å²) >= 11 is 0. The fraction of sp³-hybridized carbons (Fsp3) is 0.548. The first-order valence-corrected chi connectivity index (χ1v) is 21.3. The molecule has 6 aliphatic rings. The number of aliphatic imine (C=N–C) groups is 1. The van der Waals surface area contributed by atoms with Crippen molar-refractivity contribution in [3.8, 4) is 5.75 Å². The van der Waals surface area contributed by atoms with E-state index in [1.54, 1.807) is 15.6 Å². The monoisotopic (exact) mass is 842 g/mol. The van der Waals surface area contributed by atoms with E-state index in [1.807, 2.05) is 31.3 Å². The molecule has 0 saturated carbocycles. The molecule has 2 aromatic heterocycles. The number of nitrogens with one attached hydrogen (secondary N) is 4. The Balaban J connectivity index is 0.740. The zero-order chi connectivity index (χ0) is 42.2. The molecule has 17 nitrogen and oxygen atoms in total. The van der Waals surface area contributed by atoms with E-state index in [4.69, 9.17) is 14.9 Å². The highest BCUT2D eigenvalue weighted by Crippen LogP contribution is 2.35. The van der Waals surface area contributed by atoms with Crippen LogP contribution in [0.3, 0.4) is 0 Å². The number of alkyl halides is 2. The Morgan fingerprint density at radius 2 is 1.89 bits per heavy atom. The Morgan fingerprint density at radius 1 is 1.08 bits per heavy atom. The second kappa shape index (κ2) is 17.4. The van der Waals surface area contributed by atoms with Crippen LogP contribution < -0.4 is 20.7 Å². The van der Waals surface area contributed by atoms with E-state index in [0.717, 1.165) is 94.2 Å². The number of aryl methyl sites for hydroxylation is 1. The van der Waals surface area contributed by atoms with E-state index in [2.05, 4.69) is 45.8 Å². The summed E-state index contributed by atoms with van der Waals surface area (Å²) in [6.45, 7) is 7.21. The molecule has 3 amide bonds. The number of morpholine rings is 1. The number of nitrogens with zero attached hydrogens (tertiary/aromatic N) is 8. The number of hydrogen-bond acceptors (Lipinski definition) is 13. The van der Waals surface area contributed by atoms with Crippen LogP contribution in [-0.4, -0.2) is 135 Å². The Labute approximate surface area is 351 Å². The first-order chi connectivity index (χ1) is 29.6. The predicted molar refractivity (Wildman–Crippen MR) is 221 cm³/mol. The molecule has 1 unspecified atom stereocenters. The van der Waals surface area contributed by atoms with Crippen LogP contribution in [0, 0.1) is 11.3 Å². The molecule has 6 aliphatic heterocycles. The number of anilines is 1. The Kier molecular flexibility index (Phi) is 11.7. The molecule has 9 rings (SSSR count). The van der Waals surface area contributed by atoms with E-state index in [-0.39, 0.29) is 47.1 Å². The highest BCUT2D eigenvalue weighted by molar-refractivity contribution is 6.18. The van der Waals surface area contributed by atoms with Crippen molar-refractivity contribution < 1.29 is 32.6 Å². The number of amides is 3. The zero-order valence-electron chi connectivity index (χ0n) is 34.2. The number of likely N-dealkylation sites (tertiary alicyclic amines) is 3. The van der Waals surface area contributed by atoms with Crippen molar-refractivity contribution in [1.82, 2.24) is 44.9 Å². The molecule has 61 heavy (non-hydrogen) atoms. The number of benzene rings is 1. The minimum atomic E-state index is -2.89. The molecular weight excluding hydrogens is 791 g/mol. The summed E-state index contributed by atoms with van der Waals surface area (Å²) in [5.41, 5.74) is 0.853. The van der Waals surface area contributed by atoms with E-state index in [9.17, 15) is 23.2 Å². The highest BCUT2D eigenvalue weighted by Gasteiger charge is 2.40. The van der Waals surface area contributed by atoms with E-state index in [1.165, 1.54) is 6.20 Å². The number of halogens is 2. The van der Waals surface area contributed by atoms with Gasteiger partial charge < -0.3 is 35.3 Å². The van der Waals surface area contributed by atoms with Crippen molar-refractivity contribution in [2.24, 2.45) is 18.0 Å². The second-order valence-corrected chi connectivity index (χ2v) is 16.8. The van der Waals surface area contributed by atoms with Crippen LogP contribution in [0.15, 0.2) is 53.1 Å². The minimum absolute atomic E-state index is 0.0722. The van der Waals surface area contributed by atoms with Crippen molar-refractivity contribution >= 4 is 46.4 Å². The van der Waals surface area contributed by atoms with Crippen LogP contribution in [0.2, 0.25) is 0 Å². The molecule has 0 spiro atoms. The molecule has 3 aromatic rings. The lowest BCUT2D eigenvalue weighted by Gasteiger charge is -2.37. The standard InChI is InChI=1S/C42H52F2N12O5/c1-52-38-29(36(50-52)30-5-6-35(57)49-41(30)58)3-2-4-33(38)60-18-17-53-13-8-25(9-14-53)21-54-15-10-26(11-16-54)56-23-32(37(51-56)39(43)44)47-42(59)31(20-45)40-46-12-7-34(48-40)55-22-28-19-27(55)24-61-28/h2-4,7,12,20,23,25-28,30,39,45-46H,5-6,8-11,13-19,21-22,24H2,1H3,(H,47,59)(H,49,57,58)/b40-31-,45-20?/t27-,28-,30?/m1/s1. The lowest BCUT2D eigenvalue weighted by Crippen LogP contribution is -2.42. The summed E-state index contributed by atoms with van der Waals surface area (Å²) in [6.07, 6.45) is 8.41.